The molecule has 0 spiro atoms. The van der Waals surface area contributed by atoms with Gasteiger partial charge >= 0.3 is 0 Å². The summed E-state index contributed by atoms with van der Waals surface area (Å²) in [6.07, 6.45) is 1.89. The molecule has 1 aromatic rings. The number of ether oxygens (including phenoxy) is 2. The van der Waals surface area contributed by atoms with Crippen molar-refractivity contribution in [2.75, 3.05) is 40.4 Å². The fraction of sp³-hybridized carbons (Fsp3) is 0.643. The van der Waals surface area contributed by atoms with Crippen molar-refractivity contribution in [3.05, 3.63) is 24.0 Å². The highest BCUT2D eigenvalue weighted by atomic mass is 16.5. The van der Waals surface area contributed by atoms with Gasteiger partial charge in [0.1, 0.15) is 11.4 Å². The summed E-state index contributed by atoms with van der Waals surface area (Å²) in [6, 6.07) is 3.87. The van der Waals surface area contributed by atoms with Gasteiger partial charge in [0.2, 0.25) is 0 Å². The second-order valence-electron chi connectivity index (χ2n) is 4.66. The second kappa shape index (κ2) is 6.84. The first kappa shape index (κ1) is 14.2. The Balaban J connectivity index is 2.19. The van der Waals surface area contributed by atoms with Crippen LogP contribution in [0.3, 0.4) is 0 Å². The van der Waals surface area contributed by atoms with E-state index in [9.17, 15) is 0 Å². The number of nitrogens with zero attached hydrogens (tertiary/aromatic N) is 2. The van der Waals surface area contributed by atoms with Crippen molar-refractivity contribution in [1.29, 1.82) is 0 Å². The molecule has 0 bridgehead atoms. The normalized spacial score (nSPS) is 22.2. The third-order valence-corrected chi connectivity index (χ3v) is 3.62. The molecule has 1 fully saturated rings. The zero-order valence-electron chi connectivity index (χ0n) is 11.9. The third kappa shape index (κ3) is 3.23. The first-order valence-corrected chi connectivity index (χ1v) is 6.80. The molecule has 2 heterocycles. The van der Waals surface area contributed by atoms with Crippen LogP contribution in [0, 0.1) is 0 Å². The van der Waals surface area contributed by atoms with E-state index < -0.39 is 0 Å². The Morgan fingerprint density at radius 3 is 3.16 bits per heavy atom. The van der Waals surface area contributed by atoms with E-state index >= 15 is 0 Å². The third-order valence-electron chi connectivity index (χ3n) is 3.62. The topological polar surface area (TPSA) is 46.6 Å². The Kier molecular flexibility index (Phi) is 5.13. The van der Waals surface area contributed by atoms with E-state index in [1.54, 1.807) is 13.3 Å². The molecule has 19 heavy (non-hydrogen) atoms. The molecule has 2 rings (SSSR count). The van der Waals surface area contributed by atoms with Crippen LogP contribution in [0.5, 0.6) is 5.75 Å². The van der Waals surface area contributed by atoms with Gasteiger partial charge < -0.3 is 14.8 Å². The molecular formula is C14H23N3O2. The van der Waals surface area contributed by atoms with Crippen molar-refractivity contribution in [2.24, 2.45) is 0 Å². The van der Waals surface area contributed by atoms with Gasteiger partial charge in [-0.05, 0) is 25.7 Å². The number of hydrogen-bond donors (Lipinski definition) is 1. The van der Waals surface area contributed by atoms with Crippen LogP contribution in [0.2, 0.25) is 0 Å². The molecule has 0 aromatic carbocycles. The van der Waals surface area contributed by atoms with Gasteiger partial charge in [-0.15, -0.1) is 0 Å². The number of nitrogens with one attached hydrogen (secondary N) is 1. The maximum Gasteiger partial charge on any atom is 0.142 e. The van der Waals surface area contributed by atoms with Crippen molar-refractivity contribution in [3.8, 4) is 5.75 Å². The number of morpholine rings is 1. The highest BCUT2D eigenvalue weighted by Gasteiger charge is 2.30. The van der Waals surface area contributed by atoms with E-state index in [-0.39, 0.29) is 12.1 Å². The van der Waals surface area contributed by atoms with E-state index in [1.807, 2.05) is 19.2 Å². The predicted molar refractivity (Wildman–Crippen MR) is 74.4 cm³/mol. The molecule has 1 N–H and O–H groups in total. The number of hydrogen-bond acceptors (Lipinski definition) is 5. The molecule has 0 saturated carbocycles. The summed E-state index contributed by atoms with van der Waals surface area (Å²) in [5, 5.41) is 3.31. The monoisotopic (exact) mass is 265 g/mol. The van der Waals surface area contributed by atoms with E-state index in [1.165, 1.54) is 0 Å². The average Bonchev–Trinajstić information content (AvgIpc) is 2.49. The molecule has 0 aliphatic carbocycles. The summed E-state index contributed by atoms with van der Waals surface area (Å²) in [4.78, 5) is 6.86. The van der Waals surface area contributed by atoms with Gasteiger partial charge in [0.25, 0.3) is 0 Å². The fourth-order valence-corrected chi connectivity index (χ4v) is 2.53. The van der Waals surface area contributed by atoms with Crippen LogP contribution in [0.4, 0.5) is 0 Å². The van der Waals surface area contributed by atoms with Crippen molar-refractivity contribution in [3.63, 3.8) is 0 Å². The van der Waals surface area contributed by atoms with Crippen molar-refractivity contribution < 1.29 is 9.47 Å². The summed E-state index contributed by atoms with van der Waals surface area (Å²) < 4.78 is 11.3. The lowest BCUT2D eigenvalue weighted by atomic mass is 10.0. The molecule has 1 aromatic heterocycles. The Hall–Kier alpha value is -1.17. The van der Waals surface area contributed by atoms with Crippen LogP contribution in [-0.4, -0.2) is 56.4 Å². The van der Waals surface area contributed by atoms with Crippen LogP contribution in [0.25, 0.3) is 0 Å². The minimum absolute atomic E-state index is 0.0468. The summed E-state index contributed by atoms with van der Waals surface area (Å²) in [5.41, 5.74) is 0.912. The Bertz CT molecular complexity index is 400. The molecule has 5 heteroatoms. The molecule has 2 unspecified atom stereocenters. The van der Waals surface area contributed by atoms with Gasteiger partial charge in [-0.1, -0.05) is 6.92 Å². The predicted octanol–water partition coefficient (Wildman–Crippen LogP) is 1.07. The number of rotatable bonds is 5. The van der Waals surface area contributed by atoms with Crippen molar-refractivity contribution in [1.82, 2.24) is 15.2 Å². The Morgan fingerprint density at radius 1 is 1.63 bits per heavy atom. The van der Waals surface area contributed by atoms with Gasteiger partial charge in [-0.25, -0.2) is 0 Å². The van der Waals surface area contributed by atoms with E-state index in [2.05, 4.69) is 22.1 Å². The maximum atomic E-state index is 5.92. The number of aromatic nitrogens is 1. The molecule has 1 aliphatic rings. The van der Waals surface area contributed by atoms with Crippen LogP contribution in [0.15, 0.2) is 18.3 Å². The van der Waals surface area contributed by atoms with Gasteiger partial charge in [-0.3, -0.25) is 9.88 Å². The number of pyridine rings is 1. The molecule has 2 atom stereocenters. The lowest BCUT2D eigenvalue weighted by Gasteiger charge is -2.36. The lowest BCUT2D eigenvalue weighted by molar-refractivity contribution is -0.0454. The zero-order valence-corrected chi connectivity index (χ0v) is 11.9. The summed E-state index contributed by atoms with van der Waals surface area (Å²) in [5.74, 6) is 0.805. The molecule has 0 amide bonds. The minimum atomic E-state index is 0.0468. The van der Waals surface area contributed by atoms with Gasteiger partial charge in [0.15, 0.2) is 0 Å². The average molecular weight is 265 g/mol. The van der Waals surface area contributed by atoms with Gasteiger partial charge in [0, 0.05) is 19.3 Å². The number of likely N-dealkylation sites (N-methyl/N-ethyl adjacent to an activating group) is 2. The fourth-order valence-electron chi connectivity index (χ4n) is 2.53. The summed E-state index contributed by atoms with van der Waals surface area (Å²) in [6.45, 7) is 5.92. The molecule has 1 aliphatic heterocycles. The van der Waals surface area contributed by atoms with Gasteiger partial charge in [0.05, 0.1) is 25.9 Å². The molecule has 5 nitrogen and oxygen atoms in total. The molecular weight excluding hydrogens is 242 g/mol. The van der Waals surface area contributed by atoms with E-state index in [0.29, 0.717) is 0 Å². The van der Waals surface area contributed by atoms with E-state index in [0.717, 1.165) is 37.7 Å². The lowest BCUT2D eigenvalue weighted by Crippen LogP contribution is -2.47. The molecule has 0 radical (unpaired) electrons. The minimum Gasteiger partial charge on any atom is -0.495 e. The first-order chi connectivity index (χ1) is 9.30. The smallest absolute Gasteiger partial charge is 0.142 e. The Labute approximate surface area is 114 Å². The quantitative estimate of drug-likeness (QED) is 0.863. The molecule has 1 saturated heterocycles. The first-order valence-electron chi connectivity index (χ1n) is 6.80. The van der Waals surface area contributed by atoms with Crippen molar-refractivity contribution >= 4 is 0 Å². The number of methoxy groups -OCH3 is 1. The highest BCUT2D eigenvalue weighted by molar-refractivity contribution is 5.30. The standard InChI is InChI=1S/C14H23N3O2/c1-4-17-8-9-19-12(10-17)13(15-2)14-11(18-3)6-5-7-16-14/h5-7,12-13,15H,4,8-10H2,1-3H3. The van der Waals surface area contributed by atoms with Gasteiger partial charge in [-0.2, -0.15) is 0 Å². The summed E-state index contributed by atoms with van der Waals surface area (Å²) >= 11 is 0. The SMILES string of the molecule is CCN1CCOC(C(NC)c2ncccc2OC)C1. The highest BCUT2D eigenvalue weighted by Crippen LogP contribution is 2.27. The zero-order chi connectivity index (χ0) is 13.7. The largest absolute Gasteiger partial charge is 0.495 e. The maximum absolute atomic E-state index is 5.92. The van der Waals surface area contributed by atoms with Crippen LogP contribution < -0.4 is 10.1 Å². The summed E-state index contributed by atoms with van der Waals surface area (Å²) in [7, 11) is 3.61. The van der Waals surface area contributed by atoms with Crippen LogP contribution in [0.1, 0.15) is 18.7 Å². The van der Waals surface area contributed by atoms with Crippen LogP contribution >= 0.6 is 0 Å². The Morgan fingerprint density at radius 2 is 2.47 bits per heavy atom. The van der Waals surface area contributed by atoms with E-state index in [4.69, 9.17) is 9.47 Å². The van der Waals surface area contributed by atoms with Crippen molar-refractivity contribution in [2.45, 2.75) is 19.1 Å². The molecule has 106 valence electrons. The van der Waals surface area contributed by atoms with Crippen LogP contribution in [-0.2, 0) is 4.74 Å². The second-order valence-corrected chi connectivity index (χ2v) is 4.66.